The van der Waals surface area contributed by atoms with E-state index in [0.29, 0.717) is 38.8 Å². The molecule has 0 N–H and O–H groups in total. The molecule has 10 aromatic carbocycles. The highest BCUT2D eigenvalue weighted by atomic mass is 16.3. The Kier molecular flexibility index (Phi) is 5.83. The second kappa shape index (κ2) is 13.2. The molecule has 0 unspecified atom stereocenters. The van der Waals surface area contributed by atoms with Crippen molar-refractivity contribution in [3.8, 4) is 33.4 Å². The molecule has 2 heteroatoms. The average molecular weight is 722 g/mol. The fourth-order valence-electron chi connectivity index (χ4n) is 7.86. The summed E-state index contributed by atoms with van der Waals surface area (Å²) in [5.74, 6) is 0. The second-order valence-electron chi connectivity index (χ2n) is 13.9. The third-order valence-electron chi connectivity index (χ3n) is 10.6. The lowest BCUT2D eigenvalue weighted by atomic mass is 9.97. The Morgan fingerprint density at radius 1 is 0.375 bits per heavy atom. The standard InChI is InChI=1S/C54H35NO/c1-2-13-41-35-44(23-22-36(41)10-1)43-16-7-15-42(34-43)37-24-29-45(30-25-37)55(46-31-26-40(27-32-46)48-19-8-14-38-11-3-5-17-47(38)48)51-20-9-21-52-53(51)50-33-28-39-12-4-6-18-49(39)54(50)56-52/h1-35H/i24D,25D,26D,27D,29D,30D,31D,32D. The van der Waals surface area contributed by atoms with Crippen molar-refractivity contribution in [3.63, 3.8) is 0 Å². The zero-order chi connectivity index (χ0) is 44.0. The molecule has 0 amide bonds. The maximum atomic E-state index is 9.75. The van der Waals surface area contributed by atoms with Crippen LogP contribution < -0.4 is 4.90 Å². The van der Waals surface area contributed by atoms with Gasteiger partial charge in [0, 0.05) is 22.1 Å². The molecule has 0 aliphatic rings. The van der Waals surface area contributed by atoms with Crippen molar-refractivity contribution >= 4 is 71.3 Å². The minimum absolute atomic E-state index is 0.0886. The molecule has 0 spiro atoms. The first-order chi connectivity index (χ1) is 31.1. The van der Waals surface area contributed by atoms with Crippen molar-refractivity contribution in [1.82, 2.24) is 0 Å². The van der Waals surface area contributed by atoms with Crippen LogP contribution in [0, 0.1) is 0 Å². The van der Waals surface area contributed by atoms with Crippen LogP contribution in [0.3, 0.4) is 0 Å². The van der Waals surface area contributed by atoms with Gasteiger partial charge in [0.2, 0.25) is 0 Å². The molecule has 0 saturated heterocycles. The topological polar surface area (TPSA) is 16.4 Å². The summed E-state index contributed by atoms with van der Waals surface area (Å²) in [7, 11) is 0. The summed E-state index contributed by atoms with van der Waals surface area (Å²) in [6.07, 6.45) is 0. The van der Waals surface area contributed by atoms with Gasteiger partial charge in [0.1, 0.15) is 11.2 Å². The van der Waals surface area contributed by atoms with Gasteiger partial charge in [0.25, 0.3) is 0 Å². The first-order valence-corrected chi connectivity index (χ1v) is 18.5. The Hall–Kier alpha value is -7.42. The molecule has 1 heterocycles. The van der Waals surface area contributed by atoms with E-state index in [1.807, 2.05) is 127 Å². The van der Waals surface area contributed by atoms with Crippen LogP contribution in [-0.4, -0.2) is 0 Å². The van der Waals surface area contributed by atoms with Gasteiger partial charge in [-0.3, -0.25) is 0 Å². The van der Waals surface area contributed by atoms with Gasteiger partial charge in [-0.2, -0.15) is 0 Å². The molecule has 0 aliphatic heterocycles. The van der Waals surface area contributed by atoms with Crippen LogP contribution in [0.15, 0.2) is 217 Å². The van der Waals surface area contributed by atoms with E-state index < -0.39 is 24.2 Å². The summed E-state index contributed by atoms with van der Waals surface area (Å²) in [6, 6.07) is 48.7. The predicted molar refractivity (Wildman–Crippen MR) is 237 cm³/mol. The van der Waals surface area contributed by atoms with Gasteiger partial charge < -0.3 is 9.32 Å². The average Bonchev–Trinajstić information content (AvgIpc) is 3.72. The highest BCUT2D eigenvalue weighted by molar-refractivity contribution is 6.19. The fraction of sp³-hybridized carbons (Fsp3) is 0. The lowest BCUT2D eigenvalue weighted by Crippen LogP contribution is -2.10. The minimum atomic E-state index is -0.419. The highest BCUT2D eigenvalue weighted by Crippen LogP contribution is 2.45. The summed E-state index contributed by atoms with van der Waals surface area (Å²) in [5, 5.41) is 6.84. The maximum Gasteiger partial charge on any atom is 0.143 e. The first-order valence-electron chi connectivity index (χ1n) is 22.5. The second-order valence-corrected chi connectivity index (χ2v) is 13.9. The van der Waals surface area contributed by atoms with E-state index in [-0.39, 0.29) is 46.7 Å². The summed E-state index contributed by atoms with van der Waals surface area (Å²) in [4.78, 5) is 1.37. The maximum absolute atomic E-state index is 9.75. The Morgan fingerprint density at radius 3 is 1.73 bits per heavy atom. The zero-order valence-electron chi connectivity index (χ0n) is 37.9. The van der Waals surface area contributed by atoms with E-state index in [4.69, 9.17) is 4.42 Å². The SMILES string of the molecule is [2H]c1c([2H])c(N(c2c([2H])c([2H])c(-c3cccc4ccccc34)c([2H])c2[2H])c2cccc3oc4c5ccccc5ccc4c23)c([2H])c([2H])c1-c1cccc(-c2ccc3ccccc3c2)c1. The molecule has 2 nitrogen and oxygen atoms in total. The molecular formula is C54H35NO. The molecular weight excluding hydrogens is 679 g/mol. The molecule has 0 bridgehead atoms. The Labute approximate surface area is 336 Å². The van der Waals surface area contributed by atoms with Crippen LogP contribution >= 0.6 is 0 Å². The minimum Gasteiger partial charge on any atom is -0.455 e. The van der Waals surface area contributed by atoms with E-state index in [1.54, 1.807) is 30.3 Å². The number of furan rings is 1. The van der Waals surface area contributed by atoms with Crippen molar-refractivity contribution < 1.29 is 15.4 Å². The molecule has 11 aromatic rings. The molecule has 262 valence electrons. The predicted octanol–water partition coefficient (Wildman–Crippen LogP) is 15.5. The monoisotopic (exact) mass is 721 g/mol. The number of rotatable bonds is 6. The van der Waals surface area contributed by atoms with Crippen LogP contribution in [-0.2, 0) is 0 Å². The van der Waals surface area contributed by atoms with Crippen LogP contribution in [0.2, 0.25) is 0 Å². The molecule has 0 aliphatic carbocycles. The number of anilines is 3. The molecule has 56 heavy (non-hydrogen) atoms. The summed E-state index contributed by atoms with van der Waals surface area (Å²) < 4.78 is 83.7. The van der Waals surface area contributed by atoms with Gasteiger partial charge in [-0.15, -0.1) is 0 Å². The number of hydrogen-bond acceptors (Lipinski definition) is 2. The first kappa shape index (κ1) is 24.8. The number of benzene rings is 10. The van der Waals surface area contributed by atoms with Crippen LogP contribution in [0.1, 0.15) is 11.0 Å². The normalized spacial score (nSPS) is 13.6. The molecule has 0 saturated carbocycles. The van der Waals surface area contributed by atoms with Crippen LogP contribution in [0.5, 0.6) is 0 Å². The number of hydrogen-bond donors (Lipinski definition) is 0. The van der Waals surface area contributed by atoms with E-state index in [1.165, 1.54) is 4.90 Å². The quantitative estimate of drug-likeness (QED) is 0.170. The van der Waals surface area contributed by atoms with Crippen molar-refractivity contribution in [2.75, 3.05) is 4.90 Å². The van der Waals surface area contributed by atoms with Gasteiger partial charge >= 0.3 is 0 Å². The third kappa shape index (κ3) is 5.42. The molecule has 0 radical (unpaired) electrons. The summed E-state index contributed by atoms with van der Waals surface area (Å²) >= 11 is 0. The van der Waals surface area contributed by atoms with Gasteiger partial charge in [0.15, 0.2) is 0 Å². The summed E-state index contributed by atoms with van der Waals surface area (Å²) in [5.41, 5.74) is 3.87. The molecule has 11 rings (SSSR count). The van der Waals surface area contributed by atoms with E-state index in [2.05, 4.69) is 6.07 Å². The van der Waals surface area contributed by atoms with E-state index >= 15 is 0 Å². The fourth-order valence-corrected chi connectivity index (χ4v) is 7.86. The van der Waals surface area contributed by atoms with E-state index in [9.17, 15) is 11.0 Å². The van der Waals surface area contributed by atoms with Crippen molar-refractivity contribution in [2.24, 2.45) is 0 Å². The Balaban J connectivity index is 1.18. The number of fused-ring (bicyclic) bond motifs is 7. The van der Waals surface area contributed by atoms with Gasteiger partial charge in [-0.25, -0.2) is 0 Å². The van der Waals surface area contributed by atoms with Gasteiger partial charge in [-0.05, 0) is 115 Å². The lowest BCUT2D eigenvalue weighted by molar-refractivity contribution is 0.672. The van der Waals surface area contributed by atoms with Gasteiger partial charge in [-0.1, -0.05) is 158 Å². The Morgan fingerprint density at radius 2 is 0.946 bits per heavy atom. The van der Waals surface area contributed by atoms with Gasteiger partial charge in [0.05, 0.1) is 22.0 Å². The van der Waals surface area contributed by atoms with Crippen molar-refractivity contribution in [3.05, 3.63) is 212 Å². The molecule has 1 aromatic heterocycles. The largest absolute Gasteiger partial charge is 0.455 e. The van der Waals surface area contributed by atoms with Crippen molar-refractivity contribution in [1.29, 1.82) is 0 Å². The molecule has 0 atom stereocenters. The lowest BCUT2D eigenvalue weighted by Gasteiger charge is -2.27. The third-order valence-corrected chi connectivity index (χ3v) is 10.6. The van der Waals surface area contributed by atoms with Crippen molar-refractivity contribution in [2.45, 2.75) is 0 Å². The Bertz CT molecular complexity index is 3680. The zero-order valence-corrected chi connectivity index (χ0v) is 29.9. The van der Waals surface area contributed by atoms with Crippen LogP contribution in [0.4, 0.5) is 17.1 Å². The summed E-state index contributed by atoms with van der Waals surface area (Å²) in [6.45, 7) is 0. The smallest absolute Gasteiger partial charge is 0.143 e. The number of nitrogens with zero attached hydrogens (tertiary/aromatic N) is 1. The highest BCUT2D eigenvalue weighted by Gasteiger charge is 2.21. The van der Waals surface area contributed by atoms with Crippen LogP contribution in [0.25, 0.3) is 87.6 Å². The molecule has 0 fully saturated rings. The van der Waals surface area contributed by atoms with E-state index in [0.717, 1.165) is 43.4 Å².